The number of rotatable bonds is 2. The van der Waals surface area contributed by atoms with E-state index in [9.17, 15) is 0 Å². The second-order valence-corrected chi connectivity index (χ2v) is 2.89. The van der Waals surface area contributed by atoms with E-state index in [1.807, 2.05) is 0 Å². The van der Waals surface area contributed by atoms with Crippen molar-refractivity contribution in [2.45, 2.75) is 12.6 Å². The summed E-state index contributed by atoms with van der Waals surface area (Å²) < 4.78 is 12.3. The van der Waals surface area contributed by atoms with Crippen molar-refractivity contribution >= 4 is 5.95 Å². The molecule has 0 bridgehead atoms. The molecule has 0 aromatic carbocycles. The van der Waals surface area contributed by atoms with E-state index >= 15 is 0 Å². The average molecular weight is 184 g/mol. The number of hydrogen-bond acceptors (Lipinski definition) is 5. The molecule has 2 N–H and O–H groups in total. The second-order valence-electron chi connectivity index (χ2n) is 2.89. The lowest BCUT2D eigenvalue weighted by Gasteiger charge is -2.22. The van der Waals surface area contributed by atoms with Gasteiger partial charge in [-0.1, -0.05) is 0 Å². The molecule has 1 saturated heterocycles. The second kappa shape index (κ2) is 3.71. The van der Waals surface area contributed by atoms with Crippen LogP contribution in [0.25, 0.3) is 0 Å². The van der Waals surface area contributed by atoms with E-state index in [4.69, 9.17) is 15.2 Å². The van der Waals surface area contributed by atoms with Crippen LogP contribution in [-0.4, -0.2) is 40.7 Å². The molecule has 1 aromatic rings. The van der Waals surface area contributed by atoms with Crippen molar-refractivity contribution in [3.05, 3.63) is 6.33 Å². The fourth-order valence-electron chi connectivity index (χ4n) is 1.25. The van der Waals surface area contributed by atoms with Crippen LogP contribution in [-0.2, 0) is 16.0 Å². The molecule has 72 valence electrons. The van der Waals surface area contributed by atoms with Crippen LogP contribution in [0.1, 0.15) is 0 Å². The normalized spacial score (nSPS) is 23.2. The summed E-state index contributed by atoms with van der Waals surface area (Å²) in [6.45, 7) is 2.58. The lowest BCUT2D eigenvalue weighted by Crippen LogP contribution is -2.32. The Morgan fingerprint density at radius 1 is 1.62 bits per heavy atom. The molecule has 0 spiro atoms. The predicted molar refractivity (Wildman–Crippen MR) is 45.0 cm³/mol. The Morgan fingerprint density at radius 3 is 3.15 bits per heavy atom. The minimum atomic E-state index is 0.0647. The van der Waals surface area contributed by atoms with E-state index in [2.05, 4.69) is 10.1 Å². The quantitative estimate of drug-likeness (QED) is 0.656. The Labute approximate surface area is 75.6 Å². The van der Waals surface area contributed by atoms with Crippen molar-refractivity contribution in [1.82, 2.24) is 14.8 Å². The lowest BCUT2D eigenvalue weighted by atomic mass is 10.3. The standard InChI is InChI=1S/C7H12N4O2/c8-7-9-5-11(10-7)3-6-4-12-1-2-13-6/h5-6H,1-4H2,(H2,8,10). The molecule has 1 aromatic heterocycles. The summed E-state index contributed by atoms with van der Waals surface area (Å²) in [6.07, 6.45) is 1.66. The Balaban J connectivity index is 1.89. The zero-order valence-corrected chi connectivity index (χ0v) is 7.22. The van der Waals surface area contributed by atoms with Crippen molar-refractivity contribution in [1.29, 1.82) is 0 Å². The van der Waals surface area contributed by atoms with Gasteiger partial charge in [0.1, 0.15) is 12.4 Å². The van der Waals surface area contributed by atoms with Crippen molar-refractivity contribution in [2.24, 2.45) is 0 Å². The summed E-state index contributed by atoms with van der Waals surface area (Å²) in [4.78, 5) is 3.82. The monoisotopic (exact) mass is 184 g/mol. The minimum absolute atomic E-state index is 0.0647. The van der Waals surface area contributed by atoms with Gasteiger partial charge in [-0.2, -0.15) is 0 Å². The van der Waals surface area contributed by atoms with Crippen molar-refractivity contribution in [3.63, 3.8) is 0 Å². The molecular formula is C7H12N4O2. The highest BCUT2D eigenvalue weighted by molar-refractivity contribution is 5.09. The van der Waals surface area contributed by atoms with Crippen LogP contribution in [0.5, 0.6) is 0 Å². The molecule has 1 aliphatic heterocycles. The van der Waals surface area contributed by atoms with Gasteiger partial charge in [0.15, 0.2) is 0 Å². The van der Waals surface area contributed by atoms with Gasteiger partial charge >= 0.3 is 0 Å². The van der Waals surface area contributed by atoms with E-state index in [-0.39, 0.29) is 12.1 Å². The highest BCUT2D eigenvalue weighted by Crippen LogP contribution is 2.03. The maximum atomic E-state index is 5.44. The smallest absolute Gasteiger partial charge is 0.239 e. The first-order valence-electron chi connectivity index (χ1n) is 4.19. The molecule has 0 aliphatic carbocycles. The zero-order chi connectivity index (χ0) is 9.10. The summed E-state index contributed by atoms with van der Waals surface area (Å²) in [7, 11) is 0. The molecule has 1 atom stereocenters. The van der Waals surface area contributed by atoms with E-state index in [1.165, 1.54) is 0 Å². The molecule has 1 fully saturated rings. The van der Waals surface area contributed by atoms with Gasteiger partial charge < -0.3 is 15.2 Å². The van der Waals surface area contributed by atoms with Gasteiger partial charge in [0.05, 0.1) is 26.4 Å². The molecule has 2 rings (SSSR count). The summed E-state index contributed by atoms with van der Waals surface area (Å²) in [5.41, 5.74) is 5.37. The number of aromatic nitrogens is 3. The lowest BCUT2D eigenvalue weighted by molar-refractivity contribution is -0.0946. The van der Waals surface area contributed by atoms with Crippen LogP contribution < -0.4 is 5.73 Å². The van der Waals surface area contributed by atoms with Gasteiger partial charge in [0, 0.05) is 0 Å². The maximum absolute atomic E-state index is 5.44. The van der Waals surface area contributed by atoms with Gasteiger partial charge in [-0.05, 0) is 0 Å². The molecule has 0 radical (unpaired) electrons. The highest BCUT2D eigenvalue weighted by atomic mass is 16.6. The predicted octanol–water partition coefficient (Wildman–Crippen LogP) is -0.724. The molecule has 6 nitrogen and oxygen atoms in total. The highest BCUT2D eigenvalue weighted by Gasteiger charge is 2.15. The van der Waals surface area contributed by atoms with Crippen LogP contribution in [0.15, 0.2) is 6.33 Å². The molecule has 1 unspecified atom stereocenters. The average Bonchev–Trinajstić information content (AvgIpc) is 2.53. The van der Waals surface area contributed by atoms with E-state index < -0.39 is 0 Å². The van der Waals surface area contributed by atoms with Crippen molar-refractivity contribution < 1.29 is 9.47 Å². The molecule has 0 amide bonds. The Morgan fingerprint density at radius 2 is 2.54 bits per heavy atom. The SMILES string of the molecule is Nc1ncn(CC2COCCO2)n1. The molecule has 1 aliphatic rings. The first-order valence-corrected chi connectivity index (χ1v) is 4.19. The third-order valence-corrected chi connectivity index (χ3v) is 1.83. The van der Waals surface area contributed by atoms with Crippen LogP contribution >= 0.6 is 0 Å². The molecule has 2 heterocycles. The molecule has 6 heteroatoms. The Kier molecular flexibility index (Phi) is 2.42. The summed E-state index contributed by atoms with van der Waals surface area (Å²) in [6, 6.07) is 0. The van der Waals surface area contributed by atoms with E-state index in [0.29, 0.717) is 26.4 Å². The first kappa shape index (κ1) is 8.46. The van der Waals surface area contributed by atoms with Crippen LogP contribution in [0.2, 0.25) is 0 Å². The van der Waals surface area contributed by atoms with Crippen LogP contribution in [0, 0.1) is 0 Å². The fraction of sp³-hybridized carbons (Fsp3) is 0.714. The third kappa shape index (κ3) is 2.16. The number of ether oxygens (including phenoxy) is 2. The molecule has 0 saturated carbocycles. The van der Waals surface area contributed by atoms with E-state index in [0.717, 1.165) is 0 Å². The number of hydrogen-bond donors (Lipinski definition) is 1. The Hall–Kier alpha value is -1.14. The summed E-state index contributed by atoms with van der Waals surface area (Å²) in [5.74, 6) is 0.289. The molecule has 13 heavy (non-hydrogen) atoms. The summed E-state index contributed by atoms with van der Waals surface area (Å²) >= 11 is 0. The maximum Gasteiger partial charge on any atom is 0.239 e. The number of nitrogen functional groups attached to an aromatic ring is 1. The van der Waals surface area contributed by atoms with Gasteiger partial charge in [-0.15, -0.1) is 5.10 Å². The van der Waals surface area contributed by atoms with Crippen LogP contribution in [0.3, 0.4) is 0 Å². The first-order chi connectivity index (χ1) is 6.34. The van der Waals surface area contributed by atoms with Gasteiger partial charge in [-0.25, -0.2) is 9.67 Å². The third-order valence-electron chi connectivity index (χ3n) is 1.83. The van der Waals surface area contributed by atoms with Crippen molar-refractivity contribution in [3.8, 4) is 0 Å². The van der Waals surface area contributed by atoms with Gasteiger partial charge in [0.25, 0.3) is 0 Å². The summed E-state index contributed by atoms with van der Waals surface area (Å²) in [5, 5.41) is 3.95. The largest absolute Gasteiger partial charge is 0.376 e. The minimum Gasteiger partial charge on any atom is -0.376 e. The topological polar surface area (TPSA) is 75.2 Å². The van der Waals surface area contributed by atoms with Gasteiger partial charge in [-0.3, -0.25) is 0 Å². The van der Waals surface area contributed by atoms with Crippen LogP contribution in [0.4, 0.5) is 5.95 Å². The zero-order valence-electron chi connectivity index (χ0n) is 7.22. The number of nitrogens with zero attached hydrogens (tertiary/aromatic N) is 3. The van der Waals surface area contributed by atoms with Crippen molar-refractivity contribution in [2.75, 3.05) is 25.6 Å². The van der Waals surface area contributed by atoms with E-state index in [1.54, 1.807) is 11.0 Å². The fourth-order valence-corrected chi connectivity index (χ4v) is 1.25. The molecular weight excluding hydrogens is 172 g/mol. The van der Waals surface area contributed by atoms with Gasteiger partial charge in [0.2, 0.25) is 5.95 Å². The Bertz CT molecular complexity index is 269. The number of nitrogens with two attached hydrogens (primary N) is 1. The number of anilines is 1.